The van der Waals surface area contributed by atoms with Crippen molar-refractivity contribution in [2.45, 2.75) is 25.8 Å². The topological polar surface area (TPSA) is 92.7 Å². The van der Waals surface area contributed by atoms with Crippen molar-refractivity contribution in [2.24, 2.45) is 0 Å². The maximum Gasteiger partial charge on any atom is 0.321 e. The van der Waals surface area contributed by atoms with E-state index in [1.54, 1.807) is 0 Å². The molecule has 1 unspecified atom stereocenters. The van der Waals surface area contributed by atoms with Gasteiger partial charge in [0.2, 0.25) is 10.0 Å². The standard InChI is InChI=1S/C13H17NO5S/c1-9(13(15)16)14-20(17,18)7-5-10-2-3-12-11(8-10)4-6-19-12/h2-3,8-9,14H,4-7H2,1H3,(H,15,16). The number of carbonyl (C=O) groups is 1. The van der Waals surface area contributed by atoms with Crippen molar-refractivity contribution in [1.29, 1.82) is 0 Å². The minimum Gasteiger partial charge on any atom is -0.493 e. The predicted molar refractivity (Wildman–Crippen MR) is 73.4 cm³/mol. The average molecular weight is 299 g/mol. The van der Waals surface area contributed by atoms with Crippen LogP contribution in [-0.2, 0) is 27.7 Å². The number of hydrogen-bond donors (Lipinski definition) is 2. The molecule has 1 heterocycles. The van der Waals surface area contributed by atoms with Crippen LogP contribution in [0.4, 0.5) is 0 Å². The van der Waals surface area contributed by atoms with Gasteiger partial charge in [-0.25, -0.2) is 13.1 Å². The molecule has 2 N–H and O–H groups in total. The molecule has 110 valence electrons. The largest absolute Gasteiger partial charge is 0.493 e. The number of fused-ring (bicyclic) bond motifs is 1. The van der Waals surface area contributed by atoms with Crippen LogP contribution < -0.4 is 9.46 Å². The second-order valence-corrected chi connectivity index (χ2v) is 6.66. The molecule has 20 heavy (non-hydrogen) atoms. The highest BCUT2D eigenvalue weighted by Crippen LogP contribution is 2.26. The molecular weight excluding hydrogens is 282 g/mol. The Labute approximate surface area is 117 Å². The molecule has 1 atom stereocenters. The molecule has 1 aromatic rings. The van der Waals surface area contributed by atoms with Crippen LogP contribution in [0.25, 0.3) is 0 Å². The molecule has 0 saturated heterocycles. The molecule has 0 radical (unpaired) electrons. The number of nitrogens with one attached hydrogen (secondary N) is 1. The summed E-state index contributed by atoms with van der Waals surface area (Å²) in [5, 5.41) is 8.70. The van der Waals surface area contributed by atoms with Crippen molar-refractivity contribution >= 4 is 16.0 Å². The molecule has 0 fully saturated rings. The van der Waals surface area contributed by atoms with Gasteiger partial charge in [0.1, 0.15) is 11.8 Å². The lowest BCUT2D eigenvalue weighted by atomic mass is 10.1. The van der Waals surface area contributed by atoms with Gasteiger partial charge in [-0.05, 0) is 30.5 Å². The van der Waals surface area contributed by atoms with E-state index >= 15 is 0 Å². The van der Waals surface area contributed by atoms with E-state index in [9.17, 15) is 13.2 Å². The fourth-order valence-corrected chi connectivity index (χ4v) is 3.29. The maximum absolute atomic E-state index is 11.8. The Kier molecular flexibility index (Phi) is 4.29. The minimum absolute atomic E-state index is 0.135. The van der Waals surface area contributed by atoms with Gasteiger partial charge in [-0.2, -0.15) is 0 Å². The van der Waals surface area contributed by atoms with E-state index < -0.39 is 22.0 Å². The second-order valence-electron chi connectivity index (χ2n) is 4.79. The Hall–Kier alpha value is -1.60. The van der Waals surface area contributed by atoms with Gasteiger partial charge >= 0.3 is 5.97 Å². The van der Waals surface area contributed by atoms with E-state index in [1.807, 2.05) is 18.2 Å². The van der Waals surface area contributed by atoms with Crippen LogP contribution in [0.2, 0.25) is 0 Å². The molecule has 0 aliphatic carbocycles. The lowest BCUT2D eigenvalue weighted by Crippen LogP contribution is -2.39. The van der Waals surface area contributed by atoms with Gasteiger partial charge in [0.15, 0.2) is 0 Å². The number of carboxylic acid groups (broad SMARTS) is 1. The monoisotopic (exact) mass is 299 g/mol. The van der Waals surface area contributed by atoms with Crippen LogP contribution >= 0.6 is 0 Å². The van der Waals surface area contributed by atoms with Crippen LogP contribution in [0.5, 0.6) is 5.75 Å². The number of aliphatic carboxylic acids is 1. The van der Waals surface area contributed by atoms with Gasteiger partial charge in [0.25, 0.3) is 0 Å². The smallest absolute Gasteiger partial charge is 0.321 e. The molecule has 0 amide bonds. The first-order valence-corrected chi connectivity index (χ1v) is 8.00. The summed E-state index contributed by atoms with van der Waals surface area (Å²) in [6, 6.07) is 4.50. The molecule has 0 aromatic heterocycles. The quantitative estimate of drug-likeness (QED) is 0.800. The Bertz CT molecular complexity index is 611. The van der Waals surface area contributed by atoms with E-state index in [4.69, 9.17) is 9.84 Å². The maximum atomic E-state index is 11.8. The number of hydrogen-bond acceptors (Lipinski definition) is 4. The van der Waals surface area contributed by atoms with Crippen molar-refractivity contribution in [3.05, 3.63) is 29.3 Å². The van der Waals surface area contributed by atoms with Crippen molar-refractivity contribution in [3.63, 3.8) is 0 Å². The Balaban J connectivity index is 1.96. The molecule has 1 aliphatic heterocycles. The van der Waals surface area contributed by atoms with Gasteiger partial charge in [-0.15, -0.1) is 0 Å². The van der Waals surface area contributed by atoms with Gasteiger partial charge in [0.05, 0.1) is 12.4 Å². The first-order valence-electron chi connectivity index (χ1n) is 6.35. The first-order chi connectivity index (χ1) is 9.37. The minimum atomic E-state index is -3.60. The van der Waals surface area contributed by atoms with E-state index in [0.29, 0.717) is 13.0 Å². The van der Waals surface area contributed by atoms with E-state index in [-0.39, 0.29) is 5.75 Å². The zero-order valence-electron chi connectivity index (χ0n) is 11.1. The predicted octanol–water partition coefficient (Wildman–Crippen LogP) is 0.556. The lowest BCUT2D eigenvalue weighted by molar-refractivity contribution is -0.138. The summed E-state index contributed by atoms with van der Waals surface area (Å²) in [5.74, 6) is -0.470. The summed E-state index contributed by atoms with van der Waals surface area (Å²) in [5.41, 5.74) is 1.99. The molecule has 6 nitrogen and oxygen atoms in total. The van der Waals surface area contributed by atoms with E-state index in [0.717, 1.165) is 23.3 Å². The molecule has 0 bridgehead atoms. The second kappa shape index (κ2) is 5.80. The van der Waals surface area contributed by atoms with Gasteiger partial charge in [-0.3, -0.25) is 4.79 Å². The Morgan fingerprint density at radius 2 is 2.25 bits per heavy atom. The number of benzene rings is 1. The first kappa shape index (κ1) is 14.8. The number of sulfonamides is 1. The van der Waals surface area contributed by atoms with Gasteiger partial charge < -0.3 is 9.84 Å². The van der Waals surface area contributed by atoms with E-state index in [2.05, 4.69) is 4.72 Å². The molecule has 2 rings (SSSR count). The molecule has 7 heteroatoms. The number of aryl methyl sites for hydroxylation is 1. The van der Waals surface area contributed by atoms with Crippen LogP contribution in [0.3, 0.4) is 0 Å². The molecule has 1 aromatic carbocycles. The van der Waals surface area contributed by atoms with Crippen LogP contribution in [0.15, 0.2) is 18.2 Å². The van der Waals surface area contributed by atoms with Crippen molar-refractivity contribution in [2.75, 3.05) is 12.4 Å². The fourth-order valence-electron chi connectivity index (χ4n) is 2.03. The Morgan fingerprint density at radius 1 is 1.50 bits per heavy atom. The SMILES string of the molecule is CC(NS(=O)(=O)CCc1ccc2c(c1)CCO2)C(=O)O. The summed E-state index contributed by atoms with van der Waals surface area (Å²) >= 11 is 0. The molecule has 1 aliphatic rings. The Morgan fingerprint density at radius 3 is 2.95 bits per heavy atom. The summed E-state index contributed by atoms with van der Waals surface area (Å²) in [4.78, 5) is 10.6. The summed E-state index contributed by atoms with van der Waals surface area (Å²) in [6.45, 7) is 1.96. The highest BCUT2D eigenvalue weighted by atomic mass is 32.2. The number of ether oxygens (including phenoxy) is 1. The zero-order valence-corrected chi connectivity index (χ0v) is 11.9. The van der Waals surface area contributed by atoms with E-state index in [1.165, 1.54) is 6.92 Å². The highest BCUT2D eigenvalue weighted by Gasteiger charge is 2.19. The molecular formula is C13H17NO5S. The zero-order chi connectivity index (χ0) is 14.8. The normalized spacial score (nSPS) is 15.4. The summed E-state index contributed by atoms with van der Waals surface area (Å²) < 4.78 is 31.0. The van der Waals surface area contributed by atoms with Crippen molar-refractivity contribution in [3.8, 4) is 5.75 Å². The lowest BCUT2D eigenvalue weighted by Gasteiger charge is -2.10. The summed E-state index contributed by atoms with van der Waals surface area (Å²) in [6.07, 6.45) is 1.18. The number of carboxylic acids is 1. The van der Waals surface area contributed by atoms with Crippen LogP contribution in [0.1, 0.15) is 18.1 Å². The average Bonchev–Trinajstić information content (AvgIpc) is 2.83. The van der Waals surface area contributed by atoms with Crippen molar-refractivity contribution in [1.82, 2.24) is 4.72 Å². The van der Waals surface area contributed by atoms with Crippen molar-refractivity contribution < 1.29 is 23.1 Å². The van der Waals surface area contributed by atoms with Gasteiger partial charge in [-0.1, -0.05) is 12.1 Å². The van der Waals surface area contributed by atoms with Crippen LogP contribution in [-0.4, -0.2) is 37.9 Å². The van der Waals surface area contributed by atoms with Gasteiger partial charge in [0, 0.05) is 6.42 Å². The molecule has 0 spiro atoms. The third kappa shape index (κ3) is 3.71. The third-order valence-corrected chi connectivity index (χ3v) is 4.59. The third-order valence-electron chi connectivity index (χ3n) is 3.14. The highest BCUT2D eigenvalue weighted by molar-refractivity contribution is 7.89. The fraction of sp³-hybridized carbons (Fsp3) is 0.462. The number of rotatable bonds is 6. The van der Waals surface area contributed by atoms with Crippen LogP contribution in [0, 0.1) is 0 Å². The molecule has 0 saturated carbocycles. The summed E-state index contributed by atoms with van der Waals surface area (Å²) in [7, 11) is -3.60.